The van der Waals surface area contributed by atoms with Crippen LogP contribution >= 0.6 is 0 Å². The topological polar surface area (TPSA) is 40.5 Å². The summed E-state index contributed by atoms with van der Waals surface area (Å²) < 4.78 is 0. The van der Waals surface area contributed by atoms with Crippen molar-refractivity contribution in [3.05, 3.63) is 0 Å². The zero-order valence-electron chi connectivity index (χ0n) is 18.6. The third-order valence-corrected chi connectivity index (χ3v) is 10.3. The van der Waals surface area contributed by atoms with E-state index in [2.05, 4.69) is 20.8 Å². The average Bonchev–Trinajstić information content (AvgIpc) is 2.89. The molecule has 0 unspecified atom stereocenters. The lowest BCUT2D eigenvalue weighted by Crippen LogP contribution is -2.55. The van der Waals surface area contributed by atoms with Crippen LogP contribution in [0.4, 0.5) is 0 Å². The first-order chi connectivity index (χ1) is 12.4. The Morgan fingerprint density at radius 2 is 1.54 bits per heavy atom. The molecule has 0 spiro atoms. The van der Waals surface area contributed by atoms with Crippen molar-refractivity contribution in [2.75, 3.05) is 0 Å². The van der Waals surface area contributed by atoms with Gasteiger partial charge >= 0.3 is 0 Å². The SMILES string of the molecule is C.CC(C)(O)CC[C@H]1CC[C@H]2[C@@H]3CC[C@H]4C[C@@](C)(O)CC[C@]4(C)[C@H]3CC[C@]12C. The van der Waals surface area contributed by atoms with Crippen molar-refractivity contribution >= 4 is 0 Å². The van der Waals surface area contributed by atoms with Crippen molar-refractivity contribution in [1.82, 2.24) is 0 Å². The molecule has 4 fully saturated rings. The van der Waals surface area contributed by atoms with Gasteiger partial charge in [-0.1, -0.05) is 21.3 Å². The summed E-state index contributed by atoms with van der Waals surface area (Å²) in [4.78, 5) is 0. The van der Waals surface area contributed by atoms with Gasteiger partial charge < -0.3 is 10.2 Å². The Bertz CT molecular complexity index is 561. The Hall–Kier alpha value is -0.0800. The van der Waals surface area contributed by atoms with Crippen LogP contribution in [0.2, 0.25) is 0 Å². The Morgan fingerprint density at radius 3 is 2.21 bits per heavy atom. The molecule has 164 valence electrons. The molecular formula is C26H48O2. The van der Waals surface area contributed by atoms with E-state index in [1.807, 2.05) is 13.8 Å². The summed E-state index contributed by atoms with van der Waals surface area (Å²) >= 11 is 0. The average molecular weight is 393 g/mol. The maximum Gasteiger partial charge on any atom is 0.0622 e. The largest absolute Gasteiger partial charge is 0.390 e. The summed E-state index contributed by atoms with van der Waals surface area (Å²) in [7, 11) is 0. The highest BCUT2D eigenvalue weighted by Crippen LogP contribution is 2.68. The molecule has 0 bridgehead atoms. The van der Waals surface area contributed by atoms with E-state index in [1.54, 1.807) is 0 Å². The summed E-state index contributed by atoms with van der Waals surface area (Å²) in [6.07, 6.45) is 13.8. The minimum Gasteiger partial charge on any atom is -0.390 e. The molecule has 8 atom stereocenters. The van der Waals surface area contributed by atoms with Crippen LogP contribution in [0, 0.1) is 40.4 Å². The van der Waals surface area contributed by atoms with Crippen molar-refractivity contribution < 1.29 is 10.2 Å². The van der Waals surface area contributed by atoms with Crippen LogP contribution in [-0.4, -0.2) is 21.4 Å². The monoisotopic (exact) mass is 392 g/mol. The Kier molecular flexibility index (Phi) is 5.86. The number of hydrogen-bond acceptors (Lipinski definition) is 2. The molecule has 2 heteroatoms. The van der Waals surface area contributed by atoms with Gasteiger partial charge in [0.05, 0.1) is 11.2 Å². The molecule has 0 aromatic carbocycles. The first-order valence-corrected chi connectivity index (χ1v) is 11.9. The van der Waals surface area contributed by atoms with Crippen molar-refractivity contribution in [2.45, 2.75) is 124 Å². The van der Waals surface area contributed by atoms with Crippen molar-refractivity contribution in [3.8, 4) is 0 Å². The fraction of sp³-hybridized carbons (Fsp3) is 1.00. The summed E-state index contributed by atoms with van der Waals surface area (Å²) in [5.41, 5.74) is 0.0411. The van der Waals surface area contributed by atoms with E-state index in [4.69, 9.17) is 0 Å². The van der Waals surface area contributed by atoms with E-state index >= 15 is 0 Å². The summed E-state index contributed by atoms with van der Waals surface area (Å²) in [5, 5.41) is 20.9. The number of aliphatic hydroxyl groups is 2. The fourth-order valence-electron chi connectivity index (χ4n) is 8.54. The molecule has 4 rings (SSSR count). The van der Waals surface area contributed by atoms with Crippen LogP contribution in [0.25, 0.3) is 0 Å². The molecule has 0 saturated heterocycles. The minimum atomic E-state index is -0.518. The Balaban J connectivity index is 0.00000225. The van der Waals surface area contributed by atoms with E-state index in [0.29, 0.717) is 10.8 Å². The standard InChI is InChI=1S/C25H44O2.CH4/c1-22(2,26)12-10-17-7-9-20-19-8-6-18-16-23(3,27)14-15-25(18,5)21(19)11-13-24(17,20)4;/h17-21,26-27H,6-16H2,1-5H3;1H4/t17-,18+,19+,20+,21+,23+,24-,25+;/m1./s1. The highest BCUT2D eigenvalue weighted by atomic mass is 16.3. The van der Waals surface area contributed by atoms with Crippen LogP contribution < -0.4 is 0 Å². The molecule has 0 radical (unpaired) electrons. The molecule has 2 nitrogen and oxygen atoms in total. The molecule has 0 amide bonds. The quantitative estimate of drug-likeness (QED) is 0.569. The van der Waals surface area contributed by atoms with Crippen LogP contribution in [0.5, 0.6) is 0 Å². The predicted molar refractivity (Wildman–Crippen MR) is 118 cm³/mol. The second-order valence-corrected chi connectivity index (χ2v) is 12.5. The van der Waals surface area contributed by atoms with Gasteiger partial charge in [0.15, 0.2) is 0 Å². The third-order valence-electron chi connectivity index (χ3n) is 10.3. The van der Waals surface area contributed by atoms with Gasteiger partial charge in [-0.2, -0.15) is 0 Å². The first-order valence-electron chi connectivity index (χ1n) is 11.9. The number of hydrogen-bond donors (Lipinski definition) is 2. The molecular weight excluding hydrogens is 344 g/mol. The van der Waals surface area contributed by atoms with E-state index < -0.39 is 11.2 Å². The van der Waals surface area contributed by atoms with Crippen LogP contribution in [0.1, 0.15) is 113 Å². The van der Waals surface area contributed by atoms with Crippen molar-refractivity contribution in [3.63, 3.8) is 0 Å². The molecule has 4 aliphatic carbocycles. The van der Waals surface area contributed by atoms with E-state index in [1.165, 1.54) is 51.4 Å². The van der Waals surface area contributed by atoms with E-state index in [0.717, 1.165) is 48.9 Å². The van der Waals surface area contributed by atoms with Gasteiger partial charge in [-0.15, -0.1) is 0 Å². The van der Waals surface area contributed by atoms with Gasteiger partial charge in [0.2, 0.25) is 0 Å². The number of fused-ring (bicyclic) bond motifs is 5. The third kappa shape index (κ3) is 3.70. The van der Waals surface area contributed by atoms with Crippen LogP contribution in [0.15, 0.2) is 0 Å². The second-order valence-electron chi connectivity index (χ2n) is 12.5. The van der Waals surface area contributed by atoms with Crippen LogP contribution in [-0.2, 0) is 0 Å². The minimum absolute atomic E-state index is 0. The lowest BCUT2D eigenvalue weighted by atomic mass is 9.44. The lowest BCUT2D eigenvalue weighted by molar-refractivity contribution is -0.146. The van der Waals surface area contributed by atoms with Gasteiger partial charge in [0.1, 0.15) is 0 Å². The molecule has 2 N–H and O–H groups in total. The lowest BCUT2D eigenvalue weighted by Gasteiger charge is -2.62. The van der Waals surface area contributed by atoms with E-state index in [9.17, 15) is 10.2 Å². The molecule has 0 heterocycles. The maximum absolute atomic E-state index is 10.7. The van der Waals surface area contributed by atoms with Gasteiger partial charge in [-0.3, -0.25) is 0 Å². The number of rotatable bonds is 3. The molecule has 0 aromatic heterocycles. The summed E-state index contributed by atoms with van der Waals surface area (Å²) in [6, 6.07) is 0. The molecule has 4 aliphatic rings. The second kappa shape index (κ2) is 7.26. The summed E-state index contributed by atoms with van der Waals surface area (Å²) in [5.74, 6) is 4.26. The van der Waals surface area contributed by atoms with Crippen molar-refractivity contribution in [2.24, 2.45) is 40.4 Å². The molecule has 0 aromatic rings. The van der Waals surface area contributed by atoms with Crippen LogP contribution in [0.3, 0.4) is 0 Å². The van der Waals surface area contributed by atoms with Gasteiger partial charge in [0.25, 0.3) is 0 Å². The highest BCUT2D eigenvalue weighted by Gasteiger charge is 2.60. The maximum atomic E-state index is 10.7. The fourth-order valence-corrected chi connectivity index (χ4v) is 8.54. The van der Waals surface area contributed by atoms with Crippen molar-refractivity contribution in [1.29, 1.82) is 0 Å². The van der Waals surface area contributed by atoms with E-state index in [-0.39, 0.29) is 7.43 Å². The Morgan fingerprint density at radius 1 is 0.857 bits per heavy atom. The molecule has 4 saturated carbocycles. The zero-order valence-corrected chi connectivity index (χ0v) is 18.6. The smallest absolute Gasteiger partial charge is 0.0622 e. The van der Waals surface area contributed by atoms with Gasteiger partial charge in [-0.05, 0) is 132 Å². The normalized spacial score (nSPS) is 50.9. The zero-order chi connectivity index (χ0) is 19.7. The molecule has 0 aliphatic heterocycles. The highest BCUT2D eigenvalue weighted by molar-refractivity contribution is 5.10. The Labute approximate surface area is 174 Å². The van der Waals surface area contributed by atoms with Gasteiger partial charge in [0, 0.05) is 0 Å². The van der Waals surface area contributed by atoms with Gasteiger partial charge in [-0.25, -0.2) is 0 Å². The molecule has 28 heavy (non-hydrogen) atoms. The predicted octanol–water partition coefficient (Wildman–Crippen LogP) is 6.58. The first kappa shape index (κ1) is 22.6. The summed E-state index contributed by atoms with van der Waals surface area (Å²) in [6.45, 7) is 11.2.